The fourth-order valence-electron chi connectivity index (χ4n) is 3.14. The molecule has 8 heteroatoms. The molecule has 166 valence electrons. The van der Waals surface area contributed by atoms with E-state index in [2.05, 4.69) is 20.8 Å². The average molecular weight is 458 g/mol. The Kier molecular flexibility index (Phi) is 6.85. The van der Waals surface area contributed by atoms with Gasteiger partial charge in [0.05, 0.1) is 5.25 Å². The van der Waals surface area contributed by atoms with Gasteiger partial charge in [-0.25, -0.2) is 0 Å². The van der Waals surface area contributed by atoms with Gasteiger partial charge in [0.15, 0.2) is 11.0 Å². The SMILES string of the molecule is C[C@@H](Sc1nnc(-c2ccc(NC(=O)c3ccccc3)cc2)n1C)C(=O)Nc1ccccc1. The van der Waals surface area contributed by atoms with Crippen molar-refractivity contribution in [2.45, 2.75) is 17.3 Å². The molecule has 0 aliphatic rings. The molecule has 7 nitrogen and oxygen atoms in total. The molecule has 0 aliphatic carbocycles. The molecule has 4 aromatic rings. The van der Waals surface area contributed by atoms with Crippen LogP contribution in [0.15, 0.2) is 90.1 Å². The summed E-state index contributed by atoms with van der Waals surface area (Å²) in [5.74, 6) is 0.409. The molecular weight excluding hydrogens is 434 g/mol. The minimum Gasteiger partial charge on any atom is -0.325 e. The van der Waals surface area contributed by atoms with Crippen molar-refractivity contribution in [3.8, 4) is 11.4 Å². The number of hydrogen-bond donors (Lipinski definition) is 2. The van der Waals surface area contributed by atoms with E-state index in [1.807, 2.05) is 91.3 Å². The number of rotatable bonds is 7. The third-order valence-electron chi connectivity index (χ3n) is 4.96. The number of nitrogens with zero attached hydrogens (tertiary/aromatic N) is 3. The second-order valence-electron chi connectivity index (χ2n) is 7.38. The standard InChI is InChI=1S/C25H23N5O2S/c1-17(23(31)26-20-11-7-4-8-12-20)33-25-29-28-22(30(25)2)18-13-15-21(16-14-18)27-24(32)19-9-5-3-6-10-19/h3-17H,1-2H3,(H,26,31)(H,27,32)/t17-/m1/s1. The van der Waals surface area contributed by atoms with Gasteiger partial charge in [0.2, 0.25) is 5.91 Å². The first-order chi connectivity index (χ1) is 16.0. The van der Waals surface area contributed by atoms with Crippen LogP contribution >= 0.6 is 11.8 Å². The van der Waals surface area contributed by atoms with Crippen LogP contribution in [-0.4, -0.2) is 31.8 Å². The minimum absolute atomic E-state index is 0.103. The van der Waals surface area contributed by atoms with Crippen LogP contribution in [0.1, 0.15) is 17.3 Å². The molecule has 0 saturated heterocycles. The number of aromatic nitrogens is 3. The summed E-state index contributed by atoms with van der Waals surface area (Å²) in [6.45, 7) is 1.83. The van der Waals surface area contributed by atoms with Gasteiger partial charge in [-0.05, 0) is 55.5 Å². The molecule has 0 bridgehead atoms. The van der Waals surface area contributed by atoms with Crippen molar-refractivity contribution in [3.63, 3.8) is 0 Å². The Morgan fingerprint density at radius 2 is 1.42 bits per heavy atom. The summed E-state index contributed by atoms with van der Waals surface area (Å²) in [4.78, 5) is 24.8. The summed E-state index contributed by atoms with van der Waals surface area (Å²) in [5, 5.41) is 14.6. The van der Waals surface area contributed by atoms with Crippen LogP contribution in [0.3, 0.4) is 0 Å². The molecule has 2 amide bonds. The van der Waals surface area contributed by atoms with Gasteiger partial charge >= 0.3 is 0 Å². The van der Waals surface area contributed by atoms with E-state index in [4.69, 9.17) is 0 Å². The Morgan fingerprint density at radius 1 is 0.818 bits per heavy atom. The summed E-state index contributed by atoms with van der Waals surface area (Å²) >= 11 is 1.34. The lowest BCUT2D eigenvalue weighted by atomic mass is 10.1. The van der Waals surface area contributed by atoms with Crippen molar-refractivity contribution in [3.05, 3.63) is 90.5 Å². The summed E-state index contributed by atoms with van der Waals surface area (Å²) < 4.78 is 1.86. The van der Waals surface area contributed by atoms with Crippen molar-refractivity contribution in [1.29, 1.82) is 0 Å². The zero-order chi connectivity index (χ0) is 23.2. The third kappa shape index (κ3) is 5.48. The molecule has 33 heavy (non-hydrogen) atoms. The first-order valence-corrected chi connectivity index (χ1v) is 11.3. The summed E-state index contributed by atoms with van der Waals surface area (Å²) in [6, 6.07) is 25.8. The predicted octanol–water partition coefficient (Wildman–Crippen LogP) is 4.85. The largest absolute Gasteiger partial charge is 0.325 e. The number of para-hydroxylation sites is 1. The smallest absolute Gasteiger partial charge is 0.255 e. The van der Waals surface area contributed by atoms with Crippen LogP contribution < -0.4 is 10.6 Å². The molecule has 0 saturated carbocycles. The number of nitrogens with one attached hydrogen (secondary N) is 2. The highest BCUT2D eigenvalue weighted by Gasteiger charge is 2.19. The first kappa shape index (κ1) is 22.3. The maximum atomic E-state index is 12.5. The topological polar surface area (TPSA) is 88.9 Å². The average Bonchev–Trinajstić information content (AvgIpc) is 3.20. The van der Waals surface area contributed by atoms with E-state index in [-0.39, 0.29) is 17.1 Å². The zero-order valence-corrected chi connectivity index (χ0v) is 19.0. The van der Waals surface area contributed by atoms with E-state index in [1.54, 1.807) is 12.1 Å². The maximum Gasteiger partial charge on any atom is 0.255 e. The van der Waals surface area contributed by atoms with E-state index in [9.17, 15) is 9.59 Å². The number of anilines is 2. The number of hydrogen-bond acceptors (Lipinski definition) is 5. The van der Waals surface area contributed by atoms with Crippen LogP contribution in [0, 0.1) is 0 Å². The van der Waals surface area contributed by atoms with Crippen molar-refractivity contribution in [2.24, 2.45) is 7.05 Å². The third-order valence-corrected chi connectivity index (χ3v) is 6.10. The number of carbonyl (C=O) groups is 2. The van der Waals surface area contributed by atoms with Crippen molar-refractivity contribution < 1.29 is 9.59 Å². The van der Waals surface area contributed by atoms with E-state index in [0.29, 0.717) is 22.2 Å². The Morgan fingerprint density at radius 3 is 2.09 bits per heavy atom. The highest BCUT2D eigenvalue weighted by Crippen LogP contribution is 2.27. The van der Waals surface area contributed by atoms with Gasteiger partial charge in [-0.3, -0.25) is 9.59 Å². The number of amides is 2. The van der Waals surface area contributed by atoms with Gasteiger partial charge in [-0.2, -0.15) is 0 Å². The second-order valence-corrected chi connectivity index (χ2v) is 8.69. The number of carbonyl (C=O) groups excluding carboxylic acids is 2. The summed E-state index contributed by atoms with van der Waals surface area (Å²) in [5.41, 5.74) is 2.90. The zero-order valence-electron chi connectivity index (χ0n) is 18.2. The Bertz CT molecular complexity index is 1240. The van der Waals surface area contributed by atoms with E-state index in [0.717, 1.165) is 11.3 Å². The molecule has 3 aromatic carbocycles. The van der Waals surface area contributed by atoms with Crippen molar-refractivity contribution >= 4 is 35.0 Å². The molecule has 4 rings (SSSR count). The lowest BCUT2D eigenvalue weighted by Gasteiger charge is -2.11. The molecule has 1 atom stereocenters. The minimum atomic E-state index is -0.350. The molecule has 0 fully saturated rings. The van der Waals surface area contributed by atoms with Crippen LogP contribution in [0.25, 0.3) is 11.4 Å². The molecule has 1 aromatic heterocycles. The second kappa shape index (κ2) is 10.1. The van der Waals surface area contributed by atoms with Crippen molar-refractivity contribution in [2.75, 3.05) is 10.6 Å². The molecule has 0 aliphatic heterocycles. The van der Waals surface area contributed by atoms with Crippen molar-refractivity contribution in [1.82, 2.24) is 14.8 Å². The van der Waals surface area contributed by atoms with E-state index < -0.39 is 0 Å². The van der Waals surface area contributed by atoms with Crippen LogP contribution in [0.5, 0.6) is 0 Å². The first-order valence-electron chi connectivity index (χ1n) is 10.4. The maximum absolute atomic E-state index is 12.5. The molecule has 0 unspecified atom stereocenters. The Hall–Kier alpha value is -3.91. The van der Waals surface area contributed by atoms with Gasteiger partial charge in [0.1, 0.15) is 0 Å². The van der Waals surface area contributed by atoms with Crippen LogP contribution in [0.2, 0.25) is 0 Å². The van der Waals surface area contributed by atoms with Gasteiger partial charge < -0.3 is 15.2 Å². The molecule has 1 heterocycles. The summed E-state index contributed by atoms with van der Waals surface area (Å²) in [6.07, 6.45) is 0. The molecule has 0 spiro atoms. The molecule has 0 radical (unpaired) electrons. The predicted molar refractivity (Wildman–Crippen MR) is 131 cm³/mol. The fraction of sp³-hybridized carbons (Fsp3) is 0.120. The van der Waals surface area contributed by atoms with Gasteiger partial charge in [-0.1, -0.05) is 48.2 Å². The lowest BCUT2D eigenvalue weighted by molar-refractivity contribution is -0.115. The van der Waals surface area contributed by atoms with Gasteiger partial charge in [0.25, 0.3) is 5.91 Å². The fourth-order valence-corrected chi connectivity index (χ4v) is 3.96. The van der Waals surface area contributed by atoms with Crippen LogP contribution in [-0.2, 0) is 11.8 Å². The van der Waals surface area contributed by atoms with E-state index >= 15 is 0 Å². The van der Waals surface area contributed by atoms with Crippen LogP contribution in [0.4, 0.5) is 11.4 Å². The summed E-state index contributed by atoms with van der Waals surface area (Å²) in [7, 11) is 1.87. The molecule has 2 N–H and O–H groups in total. The highest BCUT2D eigenvalue weighted by molar-refractivity contribution is 8.00. The normalized spacial score (nSPS) is 11.6. The Labute approximate surface area is 196 Å². The van der Waals surface area contributed by atoms with Gasteiger partial charge in [0, 0.05) is 29.5 Å². The molecular formula is C25H23N5O2S. The van der Waals surface area contributed by atoms with Gasteiger partial charge in [-0.15, -0.1) is 10.2 Å². The lowest BCUT2D eigenvalue weighted by Crippen LogP contribution is -2.22. The number of thioether (sulfide) groups is 1. The number of benzene rings is 3. The monoisotopic (exact) mass is 457 g/mol. The highest BCUT2D eigenvalue weighted by atomic mass is 32.2. The Balaban J connectivity index is 1.40. The quantitative estimate of drug-likeness (QED) is 0.387. The van der Waals surface area contributed by atoms with E-state index in [1.165, 1.54) is 11.8 Å².